The third-order valence-electron chi connectivity index (χ3n) is 3.52. The largest absolute Gasteiger partial charge is 0.347 e. The summed E-state index contributed by atoms with van der Waals surface area (Å²) in [5.74, 6) is -0.391. The Morgan fingerprint density at radius 3 is 2.54 bits per heavy atom. The van der Waals surface area contributed by atoms with Gasteiger partial charge in [-0.15, -0.1) is 11.3 Å². The number of hydrogen-bond acceptors (Lipinski definition) is 4. The summed E-state index contributed by atoms with van der Waals surface area (Å²) in [5.41, 5.74) is 2.67. The first kappa shape index (κ1) is 16.3. The number of amides is 1. The summed E-state index contributed by atoms with van der Waals surface area (Å²) in [7, 11) is 0. The van der Waals surface area contributed by atoms with E-state index >= 15 is 0 Å². The van der Waals surface area contributed by atoms with Crippen LogP contribution in [0.1, 0.15) is 31.5 Å². The summed E-state index contributed by atoms with van der Waals surface area (Å²) in [6.45, 7) is 2.28. The van der Waals surface area contributed by atoms with Crippen molar-refractivity contribution in [3.8, 4) is 0 Å². The number of thiazole rings is 1. The van der Waals surface area contributed by atoms with Gasteiger partial charge in [-0.1, -0.05) is 12.1 Å². The lowest BCUT2D eigenvalue weighted by atomic mass is 10.1. The smallest absolute Gasteiger partial charge is 0.263 e. The molecule has 4 nitrogen and oxygen atoms in total. The molecule has 0 fully saturated rings. The van der Waals surface area contributed by atoms with Crippen LogP contribution in [0.25, 0.3) is 0 Å². The molecule has 2 aromatic heterocycles. The first-order valence-electron chi connectivity index (χ1n) is 7.49. The molecule has 122 valence electrons. The zero-order chi connectivity index (χ0) is 16.9. The molecule has 0 aliphatic heterocycles. The first-order valence-corrected chi connectivity index (χ1v) is 8.31. The Labute approximate surface area is 143 Å². The van der Waals surface area contributed by atoms with Crippen molar-refractivity contribution in [3.05, 3.63) is 81.3 Å². The Balaban J connectivity index is 1.66. The average molecular weight is 341 g/mol. The highest BCUT2D eigenvalue weighted by Crippen LogP contribution is 2.21. The molecule has 24 heavy (non-hydrogen) atoms. The number of halogens is 1. The Morgan fingerprint density at radius 1 is 1.12 bits per heavy atom. The predicted octanol–water partition coefficient (Wildman–Crippen LogP) is 3.51. The van der Waals surface area contributed by atoms with Crippen LogP contribution < -0.4 is 5.32 Å². The Morgan fingerprint density at radius 2 is 1.83 bits per heavy atom. The minimum atomic E-state index is -0.259. The van der Waals surface area contributed by atoms with Gasteiger partial charge in [-0.05, 0) is 42.3 Å². The van der Waals surface area contributed by atoms with Crippen molar-refractivity contribution in [2.75, 3.05) is 0 Å². The summed E-state index contributed by atoms with van der Waals surface area (Å²) >= 11 is 1.37. The van der Waals surface area contributed by atoms with Gasteiger partial charge in [-0.25, -0.2) is 9.37 Å². The predicted molar refractivity (Wildman–Crippen MR) is 91.5 cm³/mol. The maximum Gasteiger partial charge on any atom is 0.263 e. The number of nitrogens with one attached hydrogen (secondary N) is 1. The number of rotatable bonds is 5. The van der Waals surface area contributed by atoms with Crippen LogP contribution in [0.2, 0.25) is 0 Å². The van der Waals surface area contributed by atoms with Gasteiger partial charge in [0.1, 0.15) is 10.7 Å². The highest BCUT2D eigenvalue weighted by Gasteiger charge is 2.15. The van der Waals surface area contributed by atoms with Crippen molar-refractivity contribution in [1.29, 1.82) is 0 Å². The van der Waals surface area contributed by atoms with E-state index in [2.05, 4.69) is 15.3 Å². The SMILES string of the molecule is Cc1nc(Cc2ccc(F)cc2)sc1C(=O)NCc1ccncc1. The van der Waals surface area contributed by atoms with E-state index in [4.69, 9.17) is 0 Å². The van der Waals surface area contributed by atoms with Crippen LogP contribution in [-0.4, -0.2) is 15.9 Å². The molecule has 0 bridgehead atoms. The molecule has 0 saturated carbocycles. The lowest BCUT2D eigenvalue weighted by Gasteiger charge is -2.03. The van der Waals surface area contributed by atoms with E-state index in [1.165, 1.54) is 23.5 Å². The van der Waals surface area contributed by atoms with Crippen LogP contribution in [0.4, 0.5) is 4.39 Å². The third-order valence-corrected chi connectivity index (χ3v) is 4.67. The number of carbonyl (C=O) groups is 1. The van der Waals surface area contributed by atoms with Crippen molar-refractivity contribution in [2.45, 2.75) is 19.9 Å². The summed E-state index contributed by atoms with van der Waals surface area (Å²) in [6.07, 6.45) is 3.98. The molecule has 2 heterocycles. The van der Waals surface area contributed by atoms with Crippen LogP contribution in [0.3, 0.4) is 0 Å². The van der Waals surface area contributed by atoms with Crippen LogP contribution in [0.15, 0.2) is 48.8 Å². The standard InChI is InChI=1S/C18H16FN3OS/c1-12-17(18(23)21-11-14-6-8-20-9-7-14)24-16(22-12)10-13-2-4-15(19)5-3-13/h2-9H,10-11H2,1H3,(H,21,23). The molecular formula is C18H16FN3OS. The number of carbonyl (C=O) groups excluding carboxylic acids is 1. The fourth-order valence-corrected chi connectivity index (χ4v) is 3.29. The molecule has 1 amide bonds. The maximum atomic E-state index is 13.0. The lowest BCUT2D eigenvalue weighted by molar-refractivity contribution is 0.0954. The van der Waals surface area contributed by atoms with E-state index in [1.54, 1.807) is 24.5 Å². The normalized spacial score (nSPS) is 10.6. The second-order valence-electron chi connectivity index (χ2n) is 5.36. The van der Waals surface area contributed by atoms with E-state index in [0.29, 0.717) is 23.5 Å². The molecule has 0 aliphatic carbocycles. The fourth-order valence-electron chi connectivity index (χ4n) is 2.28. The zero-order valence-corrected chi connectivity index (χ0v) is 13.9. The molecule has 0 spiro atoms. The van der Waals surface area contributed by atoms with Crippen molar-refractivity contribution in [2.24, 2.45) is 0 Å². The highest BCUT2D eigenvalue weighted by atomic mass is 32.1. The topological polar surface area (TPSA) is 54.9 Å². The van der Waals surface area contributed by atoms with Gasteiger partial charge in [0, 0.05) is 25.4 Å². The van der Waals surface area contributed by atoms with Gasteiger partial charge in [0.2, 0.25) is 0 Å². The van der Waals surface area contributed by atoms with E-state index in [1.807, 2.05) is 19.1 Å². The summed E-state index contributed by atoms with van der Waals surface area (Å²) in [5, 5.41) is 3.74. The molecule has 3 rings (SSSR count). The number of pyridine rings is 1. The minimum absolute atomic E-state index is 0.132. The molecule has 3 aromatic rings. The van der Waals surface area contributed by atoms with Gasteiger partial charge < -0.3 is 5.32 Å². The van der Waals surface area contributed by atoms with Gasteiger partial charge in [0.15, 0.2) is 0 Å². The molecule has 0 aliphatic rings. The van der Waals surface area contributed by atoms with Crippen molar-refractivity contribution in [3.63, 3.8) is 0 Å². The molecular weight excluding hydrogens is 325 g/mol. The first-order chi connectivity index (χ1) is 11.6. The molecule has 0 unspecified atom stereocenters. The molecule has 0 atom stereocenters. The summed E-state index contributed by atoms with van der Waals surface area (Å²) in [6, 6.07) is 10.0. The van der Waals surface area contributed by atoms with Crippen LogP contribution >= 0.6 is 11.3 Å². The van der Waals surface area contributed by atoms with Gasteiger partial charge in [0.05, 0.1) is 10.7 Å². The Bertz CT molecular complexity index is 831. The van der Waals surface area contributed by atoms with Crippen molar-refractivity contribution in [1.82, 2.24) is 15.3 Å². The van der Waals surface area contributed by atoms with Crippen LogP contribution in [-0.2, 0) is 13.0 Å². The van der Waals surface area contributed by atoms with Gasteiger partial charge >= 0.3 is 0 Å². The highest BCUT2D eigenvalue weighted by molar-refractivity contribution is 7.13. The number of aryl methyl sites for hydroxylation is 1. The maximum absolute atomic E-state index is 13.0. The Kier molecular flexibility index (Phi) is 4.96. The van der Waals surface area contributed by atoms with Crippen molar-refractivity contribution >= 4 is 17.2 Å². The monoisotopic (exact) mass is 341 g/mol. The average Bonchev–Trinajstić information content (AvgIpc) is 2.96. The van der Waals surface area contributed by atoms with E-state index in [-0.39, 0.29) is 11.7 Å². The van der Waals surface area contributed by atoms with Crippen LogP contribution in [0.5, 0.6) is 0 Å². The second-order valence-corrected chi connectivity index (χ2v) is 6.45. The molecule has 1 aromatic carbocycles. The fraction of sp³-hybridized carbons (Fsp3) is 0.167. The number of hydrogen-bond donors (Lipinski definition) is 1. The van der Waals surface area contributed by atoms with E-state index in [0.717, 1.165) is 16.1 Å². The van der Waals surface area contributed by atoms with Gasteiger partial charge in [0.25, 0.3) is 5.91 Å². The number of benzene rings is 1. The van der Waals surface area contributed by atoms with E-state index in [9.17, 15) is 9.18 Å². The second kappa shape index (κ2) is 7.31. The minimum Gasteiger partial charge on any atom is -0.347 e. The van der Waals surface area contributed by atoms with Crippen LogP contribution in [0, 0.1) is 12.7 Å². The lowest BCUT2D eigenvalue weighted by Crippen LogP contribution is -2.22. The molecule has 6 heteroatoms. The number of nitrogens with zero attached hydrogens (tertiary/aromatic N) is 2. The third kappa shape index (κ3) is 4.02. The number of aromatic nitrogens is 2. The van der Waals surface area contributed by atoms with Gasteiger partial charge in [-0.2, -0.15) is 0 Å². The zero-order valence-electron chi connectivity index (χ0n) is 13.1. The summed E-state index contributed by atoms with van der Waals surface area (Å²) in [4.78, 5) is 21.4. The Hall–Kier alpha value is -2.60. The quantitative estimate of drug-likeness (QED) is 0.773. The molecule has 0 saturated heterocycles. The molecule has 1 N–H and O–H groups in total. The molecule has 0 radical (unpaired) electrons. The van der Waals surface area contributed by atoms with Gasteiger partial charge in [-0.3, -0.25) is 9.78 Å². The van der Waals surface area contributed by atoms with Crippen molar-refractivity contribution < 1.29 is 9.18 Å². The van der Waals surface area contributed by atoms with E-state index < -0.39 is 0 Å². The summed E-state index contributed by atoms with van der Waals surface area (Å²) < 4.78 is 13.0.